The Kier molecular flexibility index (Phi) is 5.04. The van der Waals surface area contributed by atoms with Crippen LogP contribution in [0.5, 0.6) is 5.75 Å². The summed E-state index contributed by atoms with van der Waals surface area (Å²) in [5.41, 5.74) is 9.13. The van der Waals surface area contributed by atoms with Gasteiger partial charge in [0.25, 0.3) is 0 Å². The van der Waals surface area contributed by atoms with E-state index >= 15 is 0 Å². The Morgan fingerprint density at radius 3 is 2.55 bits per heavy atom. The van der Waals surface area contributed by atoms with Gasteiger partial charge in [-0.05, 0) is 25.2 Å². The van der Waals surface area contributed by atoms with E-state index in [1.807, 2.05) is 36.4 Å². The number of methoxy groups -OCH3 is 1. The van der Waals surface area contributed by atoms with Crippen LogP contribution in [0.1, 0.15) is 11.1 Å². The highest BCUT2D eigenvalue weighted by Gasteiger charge is 2.10. The van der Waals surface area contributed by atoms with E-state index in [-0.39, 0.29) is 0 Å². The molecule has 2 aromatic carbocycles. The maximum Gasteiger partial charge on any atom is 0.123 e. The van der Waals surface area contributed by atoms with E-state index in [2.05, 4.69) is 33.9 Å². The van der Waals surface area contributed by atoms with Crippen LogP contribution >= 0.6 is 15.9 Å². The number of hydrogen-bond donors (Lipinski definition) is 1. The zero-order valence-corrected chi connectivity index (χ0v) is 13.4. The number of anilines is 1. The summed E-state index contributed by atoms with van der Waals surface area (Å²) in [6.07, 6.45) is 0. The molecule has 0 unspecified atom stereocenters. The van der Waals surface area contributed by atoms with E-state index in [9.17, 15) is 0 Å². The van der Waals surface area contributed by atoms with Gasteiger partial charge >= 0.3 is 0 Å². The SMILES string of the molecule is COc1ccccc1CN(C)Cc1c(N)cccc1Br. The molecule has 3 nitrogen and oxygen atoms in total. The van der Waals surface area contributed by atoms with Crippen LogP contribution in [0.2, 0.25) is 0 Å². The van der Waals surface area contributed by atoms with Gasteiger partial charge in [-0.1, -0.05) is 40.2 Å². The number of halogens is 1. The van der Waals surface area contributed by atoms with Crippen LogP contribution in [0.25, 0.3) is 0 Å². The third-order valence-corrected chi connectivity index (χ3v) is 3.96. The van der Waals surface area contributed by atoms with Gasteiger partial charge in [0.15, 0.2) is 0 Å². The lowest BCUT2D eigenvalue weighted by atomic mass is 10.1. The largest absolute Gasteiger partial charge is 0.496 e. The fourth-order valence-corrected chi connectivity index (χ4v) is 2.70. The van der Waals surface area contributed by atoms with Gasteiger partial charge in [0, 0.05) is 34.4 Å². The summed E-state index contributed by atoms with van der Waals surface area (Å²) >= 11 is 3.56. The molecule has 0 amide bonds. The number of nitrogens with zero attached hydrogens (tertiary/aromatic N) is 1. The Labute approximate surface area is 128 Å². The maximum atomic E-state index is 6.04. The lowest BCUT2D eigenvalue weighted by molar-refractivity contribution is 0.310. The molecule has 0 spiro atoms. The minimum atomic E-state index is 0.783. The normalized spacial score (nSPS) is 10.8. The number of rotatable bonds is 5. The molecule has 0 aliphatic carbocycles. The Hall–Kier alpha value is -1.52. The Balaban J connectivity index is 2.11. The Bertz CT molecular complexity index is 566. The average Bonchev–Trinajstić information content (AvgIpc) is 2.44. The van der Waals surface area contributed by atoms with Crippen molar-refractivity contribution in [3.63, 3.8) is 0 Å². The van der Waals surface area contributed by atoms with Gasteiger partial charge in [-0.15, -0.1) is 0 Å². The van der Waals surface area contributed by atoms with Gasteiger partial charge in [-0.25, -0.2) is 0 Å². The Morgan fingerprint density at radius 1 is 1.10 bits per heavy atom. The summed E-state index contributed by atoms with van der Waals surface area (Å²) in [4.78, 5) is 2.22. The van der Waals surface area contributed by atoms with Crippen LogP contribution in [0, 0.1) is 0 Å². The molecular formula is C16H19BrN2O. The van der Waals surface area contributed by atoms with Gasteiger partial charge in [0.05, 0.1) is 7.11 Å². The van der Waals surface area contributed by atoms with Crippen molar-refractivity contribution < 1.29 is 4.74 Å². The van der Waals surface area contributed by atoms with Crippen LogP contribution in [-0.2, 0) is 13.1 Å². The molecule has 4 heteroatoms. The van der Waals surface area contributed by atoms with E-state index in [1.165, 1.54) is 5.56 Å². The molecule has 2 rings (SSSR count). The summed E-state index contributed by atoms with van der Waals surface area (Å²) in [7, 11) is 3.77. The van der Waals surface area contributed by atoms with Crippen molar-refractivity contribution in [2.45, 2.75) is 13.1 Å². The first-order valence-corrected chi connectivity index (χ1v) is 7.24. The number of nitrogen functional groups attached to an aromatic ring is 1. The van der Waals surface area contributed by atoms with Crippen LogP contribution in [-0.4, -0.2) is 19.1 Å². The average molecular weight is 335 g/mol. The van der Waals surface area contributed by atoms with Gasteiger partial charge < -0.3 is 10.5 Å². The molecule has 0 heterocycles. The highest BCUT2D eigenvalue weighted by atomic mass is 79.9. The number of para-hydroxylation sites is 1. The lowest BCUT2D eigenvalue weighted by Crippen LogP contribution is -2.18. The first-order valence-electron chi connectivity index (χ1n) is 6.45. The van der Waals surface area contributed by atoms with E-state index in [0.29, 0.717) is 0 Å². The molecule has 0 saturated heterocycles. The summed E-state index contributed by atoms with van der Waals surface area (Å²) in [6, 6.07) is 14.0. The first-order chi connectivity index (χ1) is 9.61. The zero-order chi connectivity index (χ0) is 14.5. The van der Waals surface area contributed by atoms with Crippen molar-refractivity contribution in [2.75, 3.05) is 19.9 Å². The van der Waals surface area contributed by atoms with Crippen LogP contribution in [0.3, 0.4) is 0 Å². The van der Waals surface area contributed by atoms with Gasteiger partial charge in [0.2, 0.25) is 0 Å². The van der Waals surface area contributed by atoms with Crippen molar-refractivity contribution in [3.8, 4) is 5.75 Å². The Morgan fingerprint density at radius 2 is 1.85 bits per heavy atom. The van der Waals surface area contributed by atoms with E-state index in [4.69, 9.17) is 10.5 Å². The van der Waals surface area contributed by atoms with Crippen molar-refractivity contribution >= 4 is 21.6 Å². The topological polar surface area (TPSA) is 38.5 Å². The smallest absolute Gasteiger partial charge is 0.123 e. The molecule has 0 radical (unpaired) electrons. The van der Waals surface area contributed by atoms with Crippen molar-refractivity contribution in [1.29, 1.82) is 0 Å². The zero-order valence-electron chi connectivity index (χ0n) is 11.8. The molecule has 0 aliphatic rings. The van der Waals surface area contributed by atoms with E-state index in [0.717, 1.165) is 34.6 Å². The maximum absolute atomic E-state index is 6.04. The third kappa shape index (κ3) is 3.52. The molecule has 0 atom stereocenters. The summed E-state index contributed by atoms with van der Waals surface area (Å²) < 4.78 is 6.43. The predicted octanol–water partition coefficient (Wildman–Crippen LogP) is 3.67. The lowest BCUT2D eigenvalue weighted by Gasteiger charge is -2.20. The second kappa shape index (κ2) is 6.77. The molecule has 20 heavy (non-hydrogen) atoms. The van der Waals surface area contributed by atoms with Crippen molar-refractivity contribution in [1.82, 2.24) is 4.90 Å². The number of ether oxygens (including phenoxy) is 1. The molecule has 0 aromatic heterocycles. The number of hydrogen-bond acceptors (Lipinski definition) is 3. The molecule has 2 N–H and O–H groups in total. The van der Waals surface area contributed by atoms with Crippen molar-refractivity contribution in [2.24, 2.45) is 0 Å². The predicted molar refractivity (Wildman–Crippen MR) is 86.7 cm³/mol. The minimum absolute atomic E-state index is 0.783. The second-order valence-electron chi connectivity index (χ2n) is 4.79. The van der Waals surface area contributed by atoms with Crippen LogP contribution in [0.4, 0.5) is 5.69 Å². The quantitative estimate of drug-likeness (QED) is 0.848. The number of nitrogens with two attached hydrogens (primary N) is 1. The third-order valence-electron chi connectivity index (χ3n) is 3.22. The van der Waals surface area contributed by atoms with E-state index in [1.54, 1.807) is 7.11 Å². The summed E-state index contributed by atoms with van der Waals surface area (Å²) in [6.45, 7) is 1.59. The molecule has 2 aromatic rings. The van der Waals surface area contributed by atoms with Crippen LogP contribution in [0.15, 0.2) is 46.9 Å². The van der Waals surface area contributed by atoms with Crippen molar-refractivity contribution in [3.05, 3.63) is 58.1 Å². The van der Waals surface area contributed by atoms with Crippen LogP contribution < -0.4 is 10.5 Å². The molecule has 0 aliphatic heterocycles. The molecule has 0 fully saturated rings. The molecule has 0 saturated carbocycles. The van der Waals surface area contributed by atoms with E-state index < -0.39 is 0 Å². The fourth-order valence-electron chi connectivity index (χ4n) is 2.19. The molecular weight excluding hydrogens is 316 g/mol. The van der Waals surface area contributed by atoms with Gasteiger partial charge in [-0.2, -0.15) is 0 Å². The highest BCUT2D eigenvalue weighted by Crippen LogP contribution is 2.25. The van der Waals surface area contributed by atoms with Gasteiger partial charge in [0.1, 0.15) is 5.75 Å². The highest BCUT2D eigenvalue weighted by molar-refractivity contribution is 9.10. The fraction of sp³-hybridized carbons (Fsp3) is 0.250. The van der Waals surface area contributed by atoms with Gasteiger partial charge in [-0.3, -0.25) is 4.90 Å². The molecule has 106 valence electrons. The first kappa shape index (κ1) is 14.9. The standard InChI is InChI=1S/C16H19BrN2O/c1-19(10-12-6-3-4-9-16(12)20-2)11-13-14(17)7-5-8-15(13)18/h3-9H,10-11,18H2,1-2H3. The summed E-state index contributed by atoms with van der Waals surface area (Å²) in [5, 5.41) is 0. The monoisotopic (exact) mass is 334 g/mol. The minimum Gasteiger partial charge on any atom is -0.496 e. The second-order valence-corrected chi connectivity index (χ2v) is 5.65. The summed E-state index contributed by atoms with van der Waals surface area (Å²) in [5.74, 6) is 0.916. The number of benzene rings is 2. The molecule has 0 bridgehead atoms.